The molecule has 2 heterocycles. The molecule has 0 spiro atoms. The van der Waals surface area contributed by atoms with Gasteiger partial charge in [0.05, 0.1) is 12.6 Å². The summed E-state index contributed by atoms with van der Waals surface area (Å²) < 4.78 is 18.2. The molecule has 1 aromatic rings. The predicted molar refractivity (Wildman–Crippen MR) is 53.9 cm³/mol. The lowest BCUT2D eigenvalue weighted by molar-refractivity contribution is 0.188. The van der Waals surface area contributed by atoms with Crippen molar-refractivity contribution in [1.82, 2.24) is 9.97 Å². The molecule has 82 valence electrons. The number of rotatable bonds is 2. The Morgan fingerprint density at radius 3 is 3.07 bits per heavy atom. The summed E-state index contributed by atoms with van der Waals surface area (Å²) in [6.45, 7) is 5.37. The Morgan fingerprint density at radius 1 is 1.60 bits per heavy atom. The normalized spacial score (nSPS) is 21.3. The Hall–Kier alpha value is -1.23. The number of hydrogen-bond acceptors (Lipinski definition) is 4. The zero-order valence-electron chi connectivity index (χ0n) is 8.85. The van der Waals surface area contributed by atoms with Gasteiger partial charge in [0.25, 0.3) is 0 Å². The first-order valence-corrected chi connectivity index (χ1v) is 5.01. The van der Waals surface area contributed by atoms with Gasteiger partial charge >= 0.3 is 6.08 Å². The molecule has 0 saturated carbocycles. The maximum atomic E-state index is 12.9. The third kappa shape index (κ3) is 2.07. The average Bonchev–Trinajstić information content (AvgIpc) is 2.65. The average molecular weight is 211 g/mol. The van der Waals surface area contributed by atoms with Crippen LogP contribution in [-0.4, -0.2) is 29.3 Å². The predicted octanol–water partition coefficient (Wildman–Crippen LogP) is 1.43. The molecule has 0 aliphatic carbocycles. The first kappa shape index (κ1) is 10.3. The number of halogens is 1. The van der Waals surface area contributed by atoms with Crippen molar-refractivity contribution in [2.45, 2.75) is 19.9 Å². The molecule has 1 aliphatic heterocycles. The van der Waals surface area contributed by atoms with Crippen LogP contribution in [0.2, 0.25) is 0 Å². The molecule has 1 atom stereocenters. The summed E-state index contributed by atoms with van der Waals surface area (Å²) in [5, 5.41) is 0. The monoisotopic (exact) mass is 211 g/mol. The van der Waals surface area contributed by atoms with E-state index in [0.717, 1.165) is 0 Å². The summed E-state index contributed by atoms with van der Waals surface area (Å²) in [5.41, 5.74) is 0. The van der Waals surface area contributed by atoms with Crippen molar-refractivity contribution in [3.8, 4) is 0 Å². The first-order chi connectivity index (χ1) is 7.18. The molecule has 0 bridgehead atoms. The fraction of sp³-hybridized carbons (Fsp3) is 0.600. The van der Waals surface area contributed by atoms with Gasteiger partial charge in [-0.15, -0.1) is 0 Å². The SMILES string of the molecule is CC(C)[C@H]1COCN1c1ccnc(F)n1. The largest absolute Gasteiger partial charge is 0.359 e. The van der Waals surface area contributed by atoms with E-state index in [1.807, 2.05) is 4.90 Å². The first-order valence-electron chi connectivity index (χ1n) is 5.01. The van der Waals surface area contributed by atoms with Gasteiger partial charge in [-0.05, 0) is 12.0 Å². The summed E-state index contributed by atoms with van der Waals surface area (Å²) in [6.07, 6.45) is 0.731. The van der Waals surface area contributed by atoms with E-state index in [0.29, 0.717) is 25.1 Å². The van der Waals surface area contributed by atoms with E-state index in [2.05, 4.69) is 23.8 Å². The Bertz CT molecular complexity index is 345. The summed E-state index contributed by atoms with van der Waals surface area (Å²) in [5.74, 6) is 1.05. The molecule has 15 heavy (non-hydrogen) atoms. The molecule has 0 unspecified atom stereocenters. The van der Waals surface area contributed by atoms with Crippen LogP contribution in [0.25, 0.3) is 0 Å². The van der Waals surface area contributed by atoms with Crippen LogP contribution in [0.15, 0.2) is 12.3 Å². The molecule has 0 radical (unpaired) electrons. The van der Waals surface area contributed by atoms with Crippen molar-refractivity contribution >= 4 is 5.82 Å². The van der Waals surface area contributed by atoms with Gasteiger partial charge in [-0.3, -0.25) is 0 Å². The van der Waals surface area contributed by atoms with Crippen molar-refractivity contribution in [3.63, 3.8) is 0 Å². The Labute approximate surface area is 88.1 Å². The van der Waals surface area contributed by atoms with Crippen LogP contribution in [0.5, 0.6) is 0 Å². The molecule has 0 amide bonds. The van der Waals surface area contributed by atoms with Crippen LogP contribution in [0.1, 0.15) is 13.8 Å². The van der Waals surface area contributed by atoms with Gasteiger partial charge < -0.3 is 9.64 Å². The maximum absolute atomic E-state index is 12.9. The van der Waals surface area contributed by atoms with Crippen LogP contribution in [-0.2, 0) is 4.74 Å². The highest BCUT2D eigenvalue weighted by Crippen LogP contribution is 2.23. The van der Waals surface area contributed by atoms with Gasteiger partial charge in [0.2, 0.25) is 0 Å². The number of aromatic nitrogens is 2. The highest BCUT2D eigenvalue weighted by molar-refractivity contribution is 5.38. The van der Waals surface area contributed by atoms with Crippen LogP contribution >= 0.6 is 0 Å². The lowest BCUT2D eigenvalue weighted by Crippen LogP contribution is -2.35. The quantitative estimate of drug-likeness (QED) is 0.694. The van der Waals surface area contributed by atoms with Crippen LogP contribution in [0.4, 0.5) is 10.2 Å². The molecule has 2 rings (SSSR count). The van der Waals surface area contributed by atoms with Crippen LogP contribution < -0.4 is 4.90 Å². The summed E-state index contributed by atoms with van der Waals surface area (Å²) in [7, 11) is 0. The highest BCUT2D eigenvalue weighted by Gasteiger charge is 2.29. The molecule has 0 N–H and O–H groups in total. The lowest BCUT2D eigenvalue weighted by atomic mass is 10.1. The molecule has 1 aromatic heterocycles. The molecule has 4 nitrogen and oxygen atoms in total. The van der Waals surface area contributed by atoms with Gasteiger partial charge in [0, 0.05) is 6.20 Å². The minimum Gasteiger partial charge on any atom is -0.359 e. The third-order valence-corrected chi connectivity index (χ3v) is 2.59. The van der Waals surface area contributed by atoms with Gasteiger partial charge in [0.1, 0.15) is 12.5 Å². The summed E-state index contributed by atoms with van der Waals surface area (Å²) in [6, 6.07) is 1.96. The fourth-order valence-electron chi connectivity index (χ4n) is 1.73. The van der Waals surface area contributed by atoms with E-state index < -0.39 is 6.08 Å². The van der Waals surface area contributed by atoms with Gasteiger partial charge in [-0.2, -0.15) is 9.37 Å². The van der Waals surface area contributed by atoms with E-state index in [1.54, 1.807) is 6.07 Å². The number of ether oxygens (including phenoxy) is 1. The van der Waals surface area contributed by atoms with E-state index >= 15 is 0 Å². The lowest BCUT2D eigenvalue weighted by Gasteiger charge is -2.25. The fourth-order valence-corrected chi connectivity index (χ4v) is 1.73. The van der Waals surface area contributed by atoms with E-state index in [1.165, 1.54) is 6.20 Å². The second kappa shape index (κ2) is 4.10. The smallest absolute Gasteiger partial charge is 0.310 e. The van der Waals surface area contributed by atoms with Crippen molar-refractivity contribution in [2.24, 2.45) is 5.92 Å². The summed E-state index contributed by atoms with van der Waals surface area (Å²) >= 11 is 0. The second-order valence-electron chi connectivity index (χ2n) is 3.96. The molecule has 0 aromatic carbocycles. The van der Waals surface area contributed by atoms with Gasteiger partial charge in [-0.25, -0.2) is 4.98 Å². The second-order valence-corrected chi connectivity index (χ2v) is 3.96. The third-order valence-electron chi connectivity index (χ3n) is 2.59. The minimum absolute atomic E-state index is 0.263. The Morgan fingerprint density at radius 2 is 2.40 bits per heavy atom. The number of hydrogen-bond donors (Lipinski definition) is 0. The van der Waals surface area contributed by atoms with Crippen molar-refractivity contribution in [2.75, 3.05) is 18.2 Å². The molecule has 1 aliphatic rings. The maximum Gasteiger partial charge on any atom is 0.310 e. The number of anilines is 1. The zero-order valence-corrected chi connectivity index (χ0v) is 8.85. The highest BCUT2D eigenvalue weighted by atomic mass is 19.1. The van der Waals surface area contributed by atoms with Crippen LogP contribution in [0.3, 0.4) is 0 Å². The number of nitrogens with zero attached hydrogens (tertiary/aromatic N) is 3. The van der Waals surface area contributed by atoms with Crippen LogP contribution in [0, 0.1) is 12.0 Å². The Balaban J connectivity index is 2.22. The molecule has 1 fully saturated rings. The van der Waals surface area contributed by atoms with Crippen molar-refractivity contribution < 1.29 is 9.13 Å². The molecule has 5 heteroatoms. The topological polar surface area (TPSA) is 38.2 Å². The zero-order chi connectivity index (χ0) is 10.8. The van der Waals surface area contributed by atoms with E-state index in [-0.39, 0.29) is 6.04 Å². The van der Waals surface area contributed by atoms with Gasteiger partial charge in [0.15, 0.2) is 0 Å². The molecule has 1 saturated heterocycles. The Kier molecular flexibility index (Phi) is 2.81. The summed E-state index contributed by atoms with van der Waals surface area (Å²) in [4.78, 5) is 9.16. The van der Waals surface area contributed by atoms with Crippen molar-refractivity contribution in [1.29, 1.82) is 0 Å². The van der Waals surface area contributed by atoms with E-state index in [4.69, 9.17) is 4.74 Å². The minimum atomic E-state index is -0.693. The molecular weight excluding hydrogens is 197 g/mol. The van der Waals surface area contributed by atoms with Gasteiger partial charge in [-0.1, -0.05) is 13.8 Å². The van der Waals surface area contributed by atoms with Crippen molar-refractivity contribution in [3.05, 3.63) is 18.3 Å². The van der Waals surface area contributed by atoms with E-state index in [9.17, 15) is 4.39 Å². The molecular formula is C10H14FN3O. The standard InChI is InChI=1S/C10H14FN3O/c1-7(2)8-5-15-6-14(8)9-3-4-12-10(11)13-9/h3-4,7-8H,5-6H2,1-2H3/t8-/m1/s1.